The van der Waals surface area contributed by atoms with Crippen LogP contribution in [0.2, 0.25) is 0 Å². The lowest BCUT2D eigenvalue weighted by Gasteiger charge is -2.27. The maximum absolute atomic E-state index is 13.5. The summed E-state index contributed by atoms with van der Waals surface area (Å²) in [5.41, 5.74) is 0. The van der Waals surface area contributed by atoms with Gasteiger partial charge in [0.15, 0.2) is 0 Å². The number of amides is 1. The molecule has 0 aromatic heterocycles. The van der Waals surface area contributed by atoms with Crippen LogP contribution in [-0.4, -0.2) is 74.3 Å². The molecule has 2 N–H and O–H groups in total. The van der Waals surface area contributed by atoms with E-state index in [9.17, 15) is 19.0 Å². The van der Waals surface area contributed by atoms with Gasteiger partial charge in [-0.15, -0.1) is 0 Å². The summed E-state index contributed by atoms with van der Waals surface area (Å²) in [7, 11) is 1.49. The third kappa shape index (κ3) is 54.3. The molecule has 0 bridgehead atoms. The fourth-order valence-electron chi connectivity index (χ4n) is 8.63. The summed E-state index contributed by atoms with van der Waals surface area (Å²) in [6.45, 7) is 6.95. The number of unbranched alkanes of at least 4 members (excludes halogenated alkanes) is 31. The van der Waals surface area contributed by atoms with E-state index in [2.05, 4.69) is 74.7 Å². The number of carbonyl (C=O) groups excluding carboxylic acids is 2. The van der Waals surface area contributed by atoms with Crippen molar-refractivity contribution < 1.29 is 37.3 Å². The number of nitrogens with one attached hydrogen (secondary N) is 1. The molecule has 0 spiro atoms. The molecule has 0 aliphatic rings. The number of ether oxygens (including phenoxy) is 1. The minimum Gasteiger partial charge on any atom is -0.456 e. The number of phosphoric ester groups is 1. The molecule has 0 rings (SSSR count). The van der Waals surface area contributed by atoms with Gasteiger partial charge in [0.1, 0.15) is 19.3 Å². The monoisotopic (exact) mass is 1050 g/mol. The number of allylic oxidation sites excluding steroid dienone is 9. The molecular weight excluding hydrogens is 928 g/mol. The zero-order chi connectivity index (χ0) is 53.6. The molecule has 0 saturated heterocycles. The third-order valence-corrected chi connectivity index (χ3v) is 14.4. The summed E-state index contributed by atoms with van der Waals surface area (Å²) in [5, 5.41) is 3.04. The van der Waals surface area contributed by atoms with Crippen LogP contribution in [0.3, 0.4) is 0 Å². The van der Waals surface area contributed by atoms with Crippen LogP contribution in [0.25, 0.3) is 0 Å². The second-order valence-corrected chi connectivity index (χ2v) is 23.3. The van der Waals surface area contributed by atoms with Crippen LogP contribution in [0.5, 0.6) is 0 Å². The Morgan fingerprint density at radius 2 is 0.849 bits per heavy atom. The highest BCUT2D eigenvalue weighted by molar-refractivity contribution is 7.47. The van der Waals surface area contributed by atoms with Gasteiger partial charge < -0.3 is 19.4 Å². The zero-order valence-corrected chi connectivity index (χ0v) is 49.5. The van der Waals surface area contributed by atoms with Gasteiger partial charge in [0.25, 0.3) is 0 Å². The largest absolute Gasteiger partial charge is 0.472 e. The first-order valence-corrected chi connectivity index (χ1v) is 32.1. The van der Waals surface area contributed by atoms with Gasteiger partial charge in [-0.05, 0) is 89.5 Å². The summed E-state index contributed by atoms with van der Waals surface area (Å²) >= 11 is 0. The maximum Gasteiger partial charge on any atom is 0.472 e. The van der Waals surface area contributed by atoms with E-state index < -0.39 is 20.0 Å². The van der Waals surface area contributed by atoms with E-state index in [4.69, 9.17) is 13.8 Å². The average molecular weight is 1050 g/mol. The quantitative estimate of drug-likeness (QED) is 0.0205. The van der Waals surface area contributed by atoms with Crippen LogP contribution < -0.4 is 5.32 Å². The number of carbonyl (C=O) groups is 2. The summed E-state index contributed by atoms with van der Waals surface area (Å²) in [4.78, 5) is 37.6. The SMILES string of the molecule is CCCC/C=C\CCCCCCCC(=O)NC(COP(=O)(O)OCC[N+](C)(C)C)C(/C=C\CCCCCCCCCCCCC)OC(=O)CCCCCCCCCCCC/C=C\C/C=C\C/C=C\CCCCC. The molecule has 0 aromatic carbocycles. The minimum atomic E-state index is -4.45. The van der Waals surface area contributed by atoms with Crippen molar-refractivity contribution in [2.45, 2.75) is 290 Å². The van der Waals surface area contributed by atoms with Crippen LogP contribution in [-0.2, 0) is 27.9 Å². The Hall–Kier alpha value is -2.29. The Balaban J connectivity index is 5.18. The lowest BCUT2D eigenvalue weighted by atomic mass is 10.0. The van der Waals surface area contributed by atoms with Crippen molar-refractivity contribution in [1.29, 1.82) is 0 Å². The molecule has 0 aliphatic carbocycles. The highest BCUT2D eigenvalue weighted by Gasteiger charge is 2.30. The second-order valence-electron chi connectivity index (χ2n) is 21.9. The number of likely N-dealkylation sites (N-methyl/N-ethyl adjacent to an activating group) is 1. The number of nitrogens with zero attached hydrogens (tertiary/aromatic N) is 1. The zero-order valence-electron chi connectivity index (χ0n) is 48.6. The molecule has 0 aliphatic heterocycles. The number of esters is 1. The van der Waals surface area contributed by atoms with E-state index in [0.29, 0.717) is 17.4 Å². The van der Waals surface area contributed by atoms with Crippen molar-refractivity contribution in [3.05, 3.63) is 60.8 Å². The van der Waals surface area contributed by atoms with Gasteiger partial charge in [-0.1, -0.05) is 236 Å². The van der Waals surface area contributed by atoms with Gasteiger partial charge in [-0.2, -0.15) is 0 Å². The Labute approximate surface area is 451 Å². The van der Waals surface area contributed by atoms with Gasteiger partial charge in [-0.25, -0.2) is 4.57 Å². The molecule has 10 heteroatoms. The minimum absolute atomic E-state index is 0.0372. The molecular formula is C63H118N2O7P+. The van der Waals surface area contributed by atoms with Gasteiger partial charge in [-0.3, -0.25) is 18.6 Å². The fraction of sp³-hybridized carbons (Fsp3) is 0.810. The molecule has 9 nitrogen and oxygen atoms in total. The highest BCUT2D eigenvalue weighted by Crippen LogP contribution is 2.43. The molecule has 73 heavy (non-hydrogen) atoms. The molecule has 1 amide bonds. The molecule has 0 heterocycles. The number of rotatable bonds is 55. The van der Waals surface area contributed by atoms with Crippen molar-refractivity contribution in [2.24, 2.45) is 0 Å². The maximum atomic E-state index is 13.5. The van der Waals surface area contributed by atoms with Crippen LogP contribution in [0.4, 0.5) is 0 Å². The first-order chi connectivity index (χ1) is 35.4. The average Bonchev–Trinajstić information content (AvgIpc) is 3.35. The lowest BCUT2D eigenvalue weighted by Crippen LogP contribution is -2.47. The number of quaternary nitrogens is 1. The van der Waals surface area contributed by atoms with Crippen LogP contribution in [0.1, 0.15) is 278 Å². The summed E-state index contributed by atoms with van der Waals surface area (Å²) in [6.07, 6.45) is 66.5. The van der Waals surface area contributed by atoms with Gasteiger partial charge >= 0.3 is 13.8 Å². The van der Waals surface area contributed by atoms with Crippen molar-refractivity contribution >= 4 is 19.7 Å². The van der Waals surface area contributed by atoms with E-state index in [1.165, 1.54) is 148 Å². The normalized spacial score (nSPS) is 14.1. The molecule has 3 unspecified atom stereocenters. The summed E-state index contributed by atoms with van der Waals surface area (Å²) in [6, 6.07) is -0.853. The fourth-order valence-corrected chi connectivity index (χ4v) is 9.37. The first kappa shape index (κ1) is 70.7. The molecule has 0 radical (unpaired) electrons. The van der Waals surface area contributed by atoms with Gasteiger partial charge in [0.05, 0.1) is 33.8 Å². The highest BCUT2D eigenvalue weighted by atomic mass is 31.2. The van der Waals surface area contributed by atoms with Crippen molar-refractivity contribution in [3.63, 3.8) is 0 Å². The second kappa shape index (κ2) is 53.1. The number of hydrogen-bond acceptors (Lipinski definition) is 6. The van der Waals surface area contributed by atoms with Gasteiger partial charge in [0.2, 0.25) is 5.91 Å². The van der Waals surface area contributed by atoms with Crippen LogP contribution in [0.15, 0.2) is 60.8 Å². The van der Waals surface area contributed by atoms with Crippen LogP contribution in [0, 0.1) is 0 Å². The van der Waals surface area contributed by atoms with Gasteiger partial charge in [0, 0.05) is 12.8 Å². The van der Waals surface area contributed by atoms with E-state index in [0.717, 1.165) is 96.3 Å². The van der Waals surface area contributed by atoms with Crippen molar-refractivity contribution in [3.8, 4) is 0 Å². The Morgan fingerprint density at radius 3 is 1.33 bits per heavy atom. The Morgan fingerprint density at radius 1 is 0.479 bits per heavy atom. The molecule has 0 aromatic rings. The molecule has 426 valence electrons. The Kier molecular flexibility index (Phi) is 51.5. The predicted octanol–water partition coefficient (Wildman–Crippen LogP) is 18.7. The summed E-state index contributed by atoms with van der Waals surface area (Å²) < 4.78 is 30.6. The van der Waals surface area contributed by atoms with Crippen molar-refractivity contribution in [1.82, 2.24) is 5.32 Å². The van der Waals surface area contributed by atoms with Crippen molar-refractivity contribution in [2.75, 3.05) is 40.9 Å². The smallest absolute Gasteiger partial charge is 0.456 e. The van der Waals surface area contributed by atoms with E-state index >= 15 is 0 Å². The Bertz CT molecular complexity index is 1440. The molecule has 3 atom stereocenters. The molecule has 0 fully saturated rings. The van der Waals surface area contributed by atoms with E-state index in [-0.39, 0.29) is 31.5 Å². The standard InChI is InChI=1S/C63H117N2O7P/c1-7-10-13-16-19-22-25-27-28-29-30-31-32-33-34-35-36-38-41-44-47-50-53-56-63(67)72-61(54-51-48-45-42-40-37-26-23-20-17-14-11-8-2)60(59-71-73(68,69)70-58-57-65(4,5)6)64-62(66)55-52-49-46-43-39-24-21-18-15-12-9-3/h18-19,21-22,27-28,30-31,51,54,60-61H,7-17,20,23-26,29,32-50,52-53,55-59H2,1-6H3,(H-,64,66,68,69)/p+1/b21-18-,22-19-,28-27-,31-30-,54-51-. The number of hydrogen-bond donors (Lipinski definition) is 2. The third-order valence-electron chi connectivity index (χ3n) is 13.4. The first-order valence-electron chi connectivity index (χ1n) is 30.6. The van der Waals surface area contributed by atoms with Crippen LogP contribution >= 0.6 is 7.82 Å². The lowest BCUT2D eigenvalue weighted by molar-refractivity contribution is -0.870. The molecule has 0 saturated carbocycles. The topological polar surface area (TPSA) is 111 Å². The number of phosphoric acid groups is 1. The van der Waals surface area contributed by atoms with E-state index in [1.54, 1.807) is 0 Å². The predicted molar refractivity (Wildman–Crippen MR) is 314 cm³/mol. The van der Waals surface area contributed by atoms with E-state index in [1.807, 2.05) is 33.3 Å². The summed E-state index contributed by atoms with van der Waals surface area (Å²) in [5.74, 6) is -0.517.